The van der Waals surface area contributed by atoms with Gasteiger partial charge in [0.1, 0.15) is 5.69 Å². The molecule has 0 saturated heterocycles. The van der Waals surface area contributed by atoms with Crippen molar-refractivity contribution in [3.8, 4) is 17.3 Å². The van der Waals surface area contributed by atoms with E-state index in [9.17, 15) is 0 Å². The summed E-state index contributed by atoms with van der Waals surface area (Å²) in [5, 5.41) is 17.1. The van der Waals surface area contributed by atoms with Crippen molar-refractivity contribution in [3.05, 3.63) is 36.0 Å². The molecule has 0 radical (unpaired) electrons. The van der Waals surface area contributed by atoms with Crippen molar-refractivity contribution in [2.45, 2.75) is 19.4 Å². The summed E-state index contributed by atoms with van der Waals surface area (Å²) in [6, 6.07) is 9.61. The lowest BCUT2D eigenvalue weighted by molar-refractivity contribution is 0.146. The van der Waals surface area contributed by atoms with Gasteiger partial charge in [0.2, 0.25) is 0 Å². The molecule has 1 aromatic carbocycles. The Morgan fingerprint density at radius 3 is 2.68 bits per heavy atom. The van der Waals surface area contributed by atoms with Gasteiger partial charge in [0.05, 0.1) is 30.5 Å². The number of nitriles is 1. The molecule has 0 fully saturated rings. The van der Waals surface area contributed by atoms with Crippen LogP contribution in [0.1, 0.15) is 24.9 Å². The molecule has 0 aliphatic rings. The molecule has 0 amide bonds. The van der Waals surface area contributed by atoms with E-state index in [2.05, 4.69) is 23.3 Å². The smallest absolute Gasteiger partial charge is 0.113 e. The Balaban J connectivity index is 2.22. The summed E-state index contributed by atoms with van der Waals surface area (Å²) in [5.41, 5.74) is 2.40. The van der Waals surface area contributed by atoms with Crippen LogP contribution in [-0.2, 0) is 4.74 Å². The SMILES string of the molecule is CCC(COC)n1cc(-c2ccc(C#N)cc2)nn1. The van der Waals surface area contributed by atoms with E-state index in [-0.39, 0.29) is 6.04 Å². The summed E-state index contributed by atoms with van der Waals surface area (Å²) in [5.74, 6) is 0. The van der Waals surface area contributed by atoms with Gasteiger partial charge in [-0.2, -0.15) is 5.26 Å². The Kier molecular flexibility index (Phi) is 4.26. The largest absolute Gasteiger partial charge is 0.382 e. The minimum atomic E-state index is 0.199. The monoisotopic (exact) mass is 256 g/mol. The van der Waals surface area contributed by atoms with E-state index >= 15 is 0 Å². The summed E-state index contributed by atoms with van der Waals surface area (Å²) >= 11 is 0. The third-order valence-corrected chi connectivity index (χ3v) is 3.02. The lowest BCUT2D eigenvalue weighted by atomic mass is 10.1. The second-order valence-electron chi connectivity index (χ2n) is 4.29. The highest BCUT2D eigenvalue weighted by Crippen LogP contribution is 2.19. The zero-order valence-corrected chi connectivity index (χ0v) is 11.1. The van der Waals surface area contributed by atoms with Crippen LogP contribution in [0.25, 0.3) is 11.3 Å². The molecular formula is C14H16N4O. The predicted octanol–water partition coefficient (Wildman–Crippen LogP) is 2.41. The Morgan fingerprint density at radius 1 is 1.37 bits per heavy atom. The first-order valence-corrected chi connectivity index (χ1v) is 6.19. The molecule has 1 heterocycles. The Hall–Kier alpha value is -2.19. The van der Waals surface area contributed by atoms with Crippen LogP contribution in [0.15, 0.2) is 30.5 Å². The molecule has 0 bridgehead atoms. The van der Waals surface area contributed by atoms with Crippen LogP contribution in [0.2, 0.25) is 0 Å². The Morgan fingerprint density at radius 2 is 2.11 bits per heavy atom. The number of hydrogen-bond donors (Lipinski definition) is 0. The van der Waals surface area contributed by atoms with Gasteiger partial charge in [-0.3, -0.25) is 0 Å². The predicted molar refractivity (Wildman–Crippen MR) is 71.4 cm³/mol. The van der Waals surface area contributed by atoms with Crippen molar-refractivity contribution in [1.29, 1.82) is 5.26 Å². The summed E-state index contributed by atoms with van der Waals surface area (Å²) in [4.78, 5) is 0. The summed E-state index contributed by atoms with van der Waals surface area (Å²) in [6.07, 6.45) is 2.85. The number of rotatable bonds is 5. The van der Waals surface area contributed by atoms with Crippen LogP contribution >= 0.6 is 0 Å². The van der Waals surface area contributed by atoms with E-state index in [1.807, 2.05) is 23.0 Å². The van der Waals surface area contributed by atoms with Crippen molar-refractivity contribution >= 4 is 0 Å². The molecule has 0 N–H and O–H groups in total. The molecule has 0 aliphatic carbocycles. The van der Waals surface area contributed by atoms with Crippen LogP contribution in [0, 0.1) is 11.3 Å². The zero-order chi connectivity index (χ0) is 13.7. The molecule has 0 aliphatic heterocycles. The maximum Gasteiger partial charge on any atom is 0.113 e. The third kappa shape index (κ3) is 2.98. The first-order valence-electron chi connectivity index (χ1n) is 6.19. The highest BCUT2D eigenvalue weighted by atomic mass is 16.5. The second-order valence-corrected chi connectivity index (χ2v) is 4.29. The van der Waals surface area contributed by atoms with E-state index in [0.29, 0.717) is 12.2 Å². The maximum atomic E-state index is 8.77. The van der Waals surface area contributed by atoms with E-state index in [0.717, 1.165) is 17.7 Å². The summed E-state index contributed by atoms with van der Waals surface area (Å²) in [7, 11) is 1.68. The fraction of sp³-hybridized carbons (Fsp3) is 0.357. The van der Waals surface area contributed by atoms with Gasteiger partial charge < -0.3 is 4.74 Å². The maximum absolute atomic E-state index is 8.77. The molecule has 2 aromatic rings. The number of nitrogens with zero attached hydrogens (tertiary/aromatic N) is 4. The van der Waals surface area contributed by atoms with Crippen molar-refractivity contribution in [2.75, 3.05) is 13.7 Å². The molecule has 98 valence electrons. The number of aromatic nitrogens is 3. The summed E-state index contributed by atoms with van der Waals surface area (Å²) in [6.45, 7) is 2.71. The number of hydrogen-bond acceptors (Lipinski definition) is 4. The van der Waals surface area contributed by atoms with Gasteiger partial charge in [-0.05, 0) is 18.6 Å². The van der Waals surface area contributed by atoms with E-state index < -0.39 is 0 Å². The molecule has 5 heteroatoms. The molecule has 19 heavy (non-hydrogen) atoms. The van der Waals surface area contributed by atoms with Gasteiger partial charge >= 0.3 is 0 Å². The quantitative estimate of drug-likeness (QED) is 0.824. The molecule has 2 rings (SSSR count). The van der Waals surface area contributed by atoms with E-state index in [4.69, 9.17) is 10.00 Å². The minimum absolute atomic E-state index is 0.199. The van der Waals surface area contributed by atoms with Crippen molar-refractivity contribution in [2.24, 2.45) is 0 Å². The minimum Gasteiger partial charge on any atom is -0.382 e. The molecular weight excluding hydrogens is 240 g/mol. The zero-order valence-electron chi connectivity index (χ0n) is 11.1. The number of ether oxygens (including phenoxy) is 1. The van der Waals surface area contributed by atoms with E-state index in [1.54, 1.807) is 19.2 Å². The van der Waals surface area contributed by atoms with Gasteiger partial charge in [0.25, 0.3) is 0 Å². The standard InChI is InChI=1S/C14H16N4O/c1-3-13(10-19-2)18-9-14(16-17-18)12-6-4-11(8-15)5-7-12/h4-7,9,13H,3,10H2,1-2H3. The summed E-state index contributed by atoms with van der Waals surface area (Å²) < 4.78 is 7.00. The molecule has 5 nitrogen and oxygen atoms in total. The highest BCUT2D eigenvalue weighted by Gasteiger charge is 2.11. The van der Waals surface area contributed by atoms with Crippen molar-refractivity contribution < 1.29 is 4.74 Å². The van der Waals surface area contributed by atoms with Gasteiger partial charge in [-0.1, -0.05) is 24.3 Å². The lowest BCUT2D eigenvalue weighted by Gasteiger charge is -2.12. The van der Waals surface area contributed by atoms with Crippen LogP contribution in [0.3, 0.4) is 0 Å². The number of benzene rings is 1. The molecule has 1 atom stereocenters. The molecule has 0 saturated carbocycles. The molecule has 0 spiro atoms. The first-order chi connectivity index (χ1) is 9.28. The van der Waals surface area contributed by atoms with Crippen LogP contribution in [0.4, 0.5) is 0 Å². The Bertz CT molecular complexity index is 568. The van der Waals surface area contributed by atoms with Gasteiger partial charge in [0, 0.05) is 12.7 Å². The van der Waals surface area contributed by atoms with Gasteiger partial charge in [-0.15, -0.1) is 5.10 Å². The highest BCUT2D eigenvalue weighted by molar-refractivity contribution is 5.58. The Labute approximate surface area is 112 Å². The molecule has 1 unspecified atom stereocenters. The second kappa shape index (κ2) is 6.12. The first kappa shape index (κ1) is 13.2. The van der Waals surface area contributed by atoms with Gasteiger partial charge in [0.15, 0.2) is 0 Å². The normalized spacial score (nSPS) is 12.1. The fourth-order valence-corrected chi connectivity index (χ4v) is 1.88. The van der Waals surface area contributed by atoms with Crippen molar-refractivity contribution in [1.82, 2.24) is 15.0 Å². The lowest BCUT2D eigenvalue weighted by Crippen LogP contribution is -2.14. The van der Waals surface area contributed by atoms with Crippen LogP contribution < -0.4 is 0 Å². The molecule has 1 aromatic heterocycles. The van der Waals surface area contributed by atoms with E-state index in [1.165, 1.54) is 0 Å². The topological polar surface area (TPSA) is 63.7 Å². The van der Waals surface area contributed by atoms with Crippen LogP contribution in [-0.4, -0.2) is 28.7 Å². The average molecular weight is 256 g/mol. The van der Waals surface area contributed by atoms with Crippen molar-refractivity contribution in [3.63, 3.8) is 0 Å². The number of methoxy groups -OCH3 is 1. The third-order valence-electron chi connectivity index (χ3n) is 3.02. The van der Waals surface area contributed by atoms with Crippen LogP contribution in [0.5, 0.6) is 0 Å². The average Bonchev–Trinajstić information content (AvgIpc) is 2.94. The fourth-order valence-electron chi connectivity index (χ4n) is 1.88. The van der Waals surface area contributed by atoms with Gasteiger partial charge in [-0.25, -0.2) is 4.68 Å².